The predicted octanol–water partition coefficient (Wildman–Crippen LogP) is 2.37. The van der Waals surface area contributed by atoms with E-state index in [2.05, 4.69) is 15.3 Å². The van der Waals surface area contributed by atoms with Crippen molar-refractivity contribution in [1.29, 1.82) is 0 Å². The van der Waals surface area contributed by atoms with Crippen LogP contribution in [-0.2, 0) is 6.42 Å². The molecule has 0 spiro atoms. The Bertz CT molecular complexity index is 569. The summed E-state index contributed by atoms with van der Waals surface area (Å²) in [5.74, 6) is 0.491. The van der Waals surface area contributed by atoms with Gasteiger partial charge in [-0.3, -0.25) is 10.1 Å². The van der Waals surface area contributed by atoms with E-state index in [-0.39, 0.29) is 5.69 Å². The van der Waals surface area contributed by atoms with E-state index in [9.17, 15) is 10.1 Å². The molecule has 0 fully saturated rings. The van der Waals surface area contributed by atoms with Crippen molar-refractivity contribution in [2.75, 3.05) is 18.5 Å². The molecule has 0 atom stereocenters. The highest BCUT2D eigenvalue weighted by Gasteiger charge is 2.10. The van der Waals surface area contributed by atoms with Crippen LogP contribution in [0.4, 0.5) is 11.4 Å². The van der Waals surface area contributed by atoms with E-state index in [1.165, 1.54) is 12.1 Å². The van der Waals surface area contributed by atoms with Gasteiger partial charge in [0, 0.05) is 42.7 Å². The lowest BCUT2D eigenvalue weighted by molar-refractivity contribution is -0.384. The molecule has 0 amide bonds. The number of benzene rings is 1. The van der Waals surface area contributed by atoms with E-state index in [0.717, 1.165) is 12.1 Å². The molecular weight excluding hydrogens is 260 g/mol. The van der Waals surface area contributed by atoms with Crippen LogP contribution in [0.15, 0.2) is 30.7 Å². The van der Waals surface area contributed by atoms with Crippen LogP contribution in [0.1, 0.15) is 12.6 Å². The highest BCUT2D eigenvalue weighted by Crippen LogP contribution is 2.26. The predicted molar refractivity (Wildman–Crippen MR) is 75.0 cm³/mol. The smallest absolute Gasteiger partial charge is 0.275 e. The summed E-state index contributed by atoms with van der Waals surface area (Å²) >= 11 is 0. The maximum Gasteiger partial charge on any atom is 0.275 e. The van der Waals surface area contributed by atoms with Crippen LogP contribution in [0, 0.1) is 10.1 Å². The summed E-state index contributed by atoms with van der Waals surface area (Å²) in [6.07, 6.45) is 4.13. The van der Waals surface area contributed by atoms with Crippen LogP contribution in [0.25, 0.3) is 0 Å². The molecule has 1 aromatic carbocycles. The molecule has 0 aliphatic heterocycles. The maximum absolute atomic E-state index is 10.9. The van der Waals surface area contributed by atoms with E-state index in [1.807, 2.05) is 6.92 Å². The van der Waals surface area contributed by atoms with Crippen molar-refractivity contribution in [3.8, 4) is 5.75 Å². The second-order valence-corrected chi connectivity index (χ2v) is 4.16. The zero-order chi connectivity index (χ0) is 14.4. The molecule has 7 heteroatoms. The van der Waals surface area contributed by atoms with E-state index < -0.39 is 4.92 Å². The lowest BCUT2D eigenvalue weighted by atomic mass is 10.2. The largest absolute Gasteiger partial charge is 0.494 e. The Morgan fingerprint density at radius 1 is 1.45 bits per heavy atom. The highest BCUT2D eigenvalue weighted by atomic mass is 16.6. The van der Waals surface area contributed by atoms with Gasteiger partial charge >= 0.3 is 0 Å². The Kier molecular flexibility index (Phi) is 4.54. The quantitative estimate of drug-likeness (QED) is 0.598. The third-order valence-electron chi connectivity index (χ3n) is 2.69. The number of H-pyrrole nitrogens is 1. The second kappa shape index (κ2) is 6.55. The molecule has 0 bridgehead atoms. The number of anilines is 1. The van der Waals surface area contributed by atoms with Gasteiger partial charge in [0.15, 0.2) is 0 Å². The minimum atomic E-state index is -0.428. The number of hydrogen-bond acceptors (Lipinski definition) is 5. The lowest BCUT2D eigenvalue weighted by Crippen LogP contribution is -2.06. The number of aromatic nitrogens is 2. The zero-order valence-electron chi connectivity index (χ0n) is 11.1. The summed E-state index contributed by atoms with van der Waals surface area (Å²) in [6, 6.07) is 4.67. The molecule has 0 aliphatic carbocycles. The van der Waals surface area contributed by atoms with Gasteiger partial charge in [-0.2, -0.15) is 0 Å². The summed E-state index contributed by atoms with van der Waals surface area (Å²) < 4.78 is 5.33. The Labute approximate surface area is 116 Å². The molecule has 2 aromatic rings. The van der Waals surface area contributed by atoms with E-state index in [0.29, 0.717) is 24.6 Å². The first-order chi connectivity index (χ1) is 9.69. The molecule has 1 heterocycles. The summed E-state index contributed by atoms with van der Waals surface area (Å²) in [5, 5.41) is 14.0. The van der Waals surface area contributed by atoms with Crippen molar-refractivity contribution in [2.45, 2.75) is 13.3 Å². The Balaban J connectivity index is 2.03. The van der Waals surface area contributed by atoms with Crippen LogP contribution < -0.4 is 10.1 Å². The summed E-state index contributed by atoms with van der Waals surface area (Å²) in [4.78, 5) is 17.4. The monoisotopic (exact) mass is 276 g/mol. The van der Waals surface area contributed by atoms with Crippen molar-refractivity contribution >= 4 is 11.4 Å². The first-order valence-electron chi connectivity index (χ1n) is 6.32. The van der Waals surface area contributed by atoms with E-state index >= 15 is 0 Å². The number of hydrogen-bond donors (Lipinski definition) is 2. The lowest BCUT2D eigenvalue weighted by Gasteiger charge is -2.08. The van der Waals surface area contributed by atoms with E-state index in [1.54, 1.807) is 18.6 Å². The standard InChI is InChI=1S/C13H16N4O3/c1-2-20-13-6-11(5-12(7-13)17(18)19)15-4-3-10-8-14-9-16-10/h5-9,15H,2-4H2,1H3,(H,14,16). The SMILES string of the molecule is CCOc1cc(NCCc2cnc[nH]2)cc([N+](=O)[O-])c1. The second-order valence-electron chi connectivity index (χ2n) is 4.16. The molecule has 0 radical (unpaired) electrons. The summed E-state index contributed by atoms with van der Waals surface area (Å²) in [5.41, 5.74) is 1.69. The van der Waals surface area contributed by atoms with Gasteiger partial charge in [-0.05, 0) is 6.92 Å². The normalized spacial score (nSPS) is 10.2. The van der Waals surface area contributed by atoms with Crippen molar-refractivity contribution in [3.63, 3.8) is 0 Å². The fourth-order valence-corrected chi connectivity index (χ4v) is 1.80. The zero-order valence-corrected chi connectivity index (χ0v) is 11.1. The molecule has 106 valence electrons. The van der Waals surface area contributed by atoms with Gasteiger partial charge in [-0.15, -0.1) is 0 Å². The van der Waals surface area contributed by atoms with Gasteiger partial charge in [0.2, 0.25) is 0 Å². The molecule has 0 saturated heterocycles. The topological polar surface area (TPSA) is 93.1 Å². The molecule has 1 aromatic heterocycles. The third kappa shape index (κ3) is 3.71. The van der Waals surface area contributed by atoms with Crippen LogP contribution in [0.2, 0.25) is 0 Å². The molecule has 0 unspecified atom stereocenters. The highest BCUT2D eigenvalue weighted by molar-refractivity contribution is 5.56. The number of imidazole rings is 1. The first-order valence-corrected chi connectivity index (χ1v) is 6.32. The third-order valence-corrected chi connectivity index (χ3v) is 2.69. The number of nitro groups is 1. The number of aromatic amines is 1. The van der Waals surface area contributed by atoms with Gasteiger partial charge in [0.1, 0.15) is 5.75 Å². The average molecular weight is 276 g/mol. The number of nitrogens with one attached hydrogen (secondary N) is 2. The minimum Gasteiger partial charge on any atom is -0.494 e. The van der Waals surface area contributed by atoms with Gasteiger partial charge in [0.25, 0.3) is 5.69 Å². The van der Waals surface area contributed by atoms with Crippen molar-refractivity contribution in [2.24, 2.45) is 0 Å². The molecule has 0 saturated carbocycles. The van der Waals surface area contributed by atoms with Crippen LogP contribution >= 0.6 is 0 Å². The first kappa shape index (κ1) is 13.9. The minimum absolute atomic E-state index is 0.0139. The Morgan fingerprint density at radius 2 is 2.30 bits per heavy atom. The fourth-order valence-electron chi connectivity index (χ4n) is 1.80. The molecule has 2 N–H and O–H groups in total. The maximum atomic E-state index is 10.9. The average Bonchev–Trinajstić information content (AvgIpc) is 2.92. The molecule has 0 aliphatic rings. The van der Waals surface area contributed by atoms with Gasteiger partial charge < -0.3 is 15.0 Å². The van der Waals surface area contributed by atoms with Crippen molar-refractivity contribution < 1.29 is 9.66 Å². The number of rotatable bonds is 7. The Hall–Kier alpha value is -2.57. The number of nitro benzene ring substituents is 1. The van der Waals surface area contributed by atoms with Gasteiger partial charge in [-0.25, -0.2) is 4.98 Å². The van der Waals surface area contributed by atoms with Crippen LogP contribution in [-0.4, -0.2) is 28.0 Å². The van der Waals surface area contributed by atoms with E-state index in [4.69, 9.17) is 4.74 Å². The Morgan fingerprint density at radius 3 is 2.95 bits per heavy atom. The number of nitrogens with zero attached hydrogens (tertiary/aromatic N) is 2. The van der Waals surface area contributed by atoms with Crippen LogP contribution in [0.5, 0.6) is 5.75 Å². The summed E-state index contributed by atoms with van der Waals surface area (Å²) in [7, 11) is 0. The van der Waals surface area contributed by atoms with Gasteiger partial charge in [-0.1, -0.05) is 0 Å². The fraction of sp³-hybridized carbons (Fsp3) is 0.308. The summed E-state index contributed by atoms with van der Waals surface area (Å²) in [6.45, 7) is 2.95. The van der Waals surface area contributed by atoms with Gasteiger partial charge in [0.05, 0.1) is 23.9 Å². The number of non-ortho nitro benzene ring substituents is 1. The van der Waals surface area contributed by atoms with Crippen molar-refractivity contribution in [3.05, 3.63) is 46.5 Å². The molecule has 2 rings (SSSR count). The molecular formula is C13H16N4O3. The molecule has 7 nitrogen and oxygen atoms in total. The number of ether oxygens (including phenoxy) is 1. The van der Waals surface area contributed by atoms with Crippen molar-refractivity contribution in [1.82, 2.24) is 9.97 Å². The van der Waals surface area contributed by atoms with Crippen LogP contribution in [0.3, 0.4) is 0 Å². The molecule has 20 heavy (non-hydrogen) atoms.